The van der Waals surface area contributed by atoms with Crippen LogP contribution >= 0.6 is 23.9 Å². The number of anilines is 1. The van der Waals surface area contributed by atoms with Gasteiger partial charge in [-0.1, -0.05) is 19.1 Å². The molecule has 0 spiro atoms. The lowest BCUT2D eigenvalue weighted by atomic mass is 10.1. The monoisotopic (exact) mass is 473 g/mol. The molecule has 0 radical (unpaired) electrons. The Kier molecular flexibility index (Phi) is 5.57. The van der Waals surface area contributed by atoms with E-state index >= 15 is 0 Å². The molecule has 0 bridgehead atoms. The highest BCUT2D eigenvalue weighted by Gasteiger charge is 2.13. The highest BCUT2D eigenvalue weighted by atomic mass is 32.1. The van der Waals surface area contributed by atoms with Crippen molar-refractivity contribution in [2.24, 2.45) is 0 Å². The van der Waals surface area contributed by atoms with Crippen molar-refractivity contribution in [3.05, 3.63) is 71.3 Å². The predicted molar refractivity (Wildman–Crippen MR) is 135 cm³/mol. The minimum Gasteiger partial charge on any atom is -0.436 e. The Balaban J connectivity index is 1.34. The maximum absolute atomic E-state index is 12.6. The molecule has 33 heavy (non-hydrogen) atoms. The SMILES string of the molecule is CCc1ccc2oc(-c3ccc(C)c(NC(=S)NC(=O)c4ccc5nsnc5c4)c3)nc2c1. The highest BCUT2D eigenvalue weighted by Crippen LogP contribution is 2.28. The number of amides is 1. The topological polar surface area (TPSA) is 92.9 Å². The molecule has 2 heterocycles. The minimum atomic E-state index is -0.318. The first kappa shape index (κ1) is 21.2. The fraction of sp³-hybridized carbons (Fsp3) is 0.125. The summed E-state index contributed by atoms with van der Waals surface area (Å²) in [4.78, 5) is 17.3. The molecule has 0 saturated carbocycles. The predicted octanol–water partition coefficient (Wildman–Crippen LogP) is 5.50. The summed E-state index contributed by atoms with van der Waals surface area (Å²) >= 11 is 6.49. The van der Waals surface area contributed by atoms with E-state index < -0.39 is 0 Å². The number of rotatable bonds is 4. The third-order valence-corrected chi connectivity index (χ3v) is 6.10. The van der Waals surface area contributed by atoms with E-state index in [4.69, 9.17) is 16.6 Å². The van der Waals surface area contributed by atoms with E-state index in [0.29, 0.717) is 17.0 Å². The van der Waals surface area contributed by atoms with Crippen molar-refractivity contribution in [2.45, 2.75) is 20.3 Å². The van der Waals surface area contributed by atoms with Crippen LogP contribution < -0.4 is 10.6 Å². The van der Waals surface area contributed by atoms with Gasteiger partial charge in [-0.25, -0.2) is 4.98 Å². The molecule has 5 rings (SSSR count). The molecular formula is C24H19N5O2S2. The van der Waals surface area contributed by atoms with E-state index in [-0.39, 0.29) is 11.0 Å². The summed E-state index contributed by atoms with van der Waals surface area (Å²) in [5.74, 6) is 0.211. The molecule has 0 fully saturated rings. The van der Waals surface area contributed by atoms with E-state index in [1.165, 1.54) is 5.56 Å². The molecule has 2 N–H and O–H groups in total. The molecule has 0 aliphatic carbocycles. The number of nitrogens with one attached hydrogen (secondary N) is 2. The van der Waals surface area contributed by atoms with E-state index in [1.807, 2.05) is 43.3 Å². The average Bonchev–Trinajstić information content (AvgIpc) is 3.46. The molecule has 0 aliphatic heterocycles. The second kappa shape index (κ2) is 8.68. The zero-order valence-corrected chi connectivity index (χ0v) is 19.5. The summed E-state index contributed by atoms with van der Waals surface area (Å²) in [6, 6.07) is 17.0. The van der Waals surface area contributed by atoms with Crippen LogP contribution in [0.5, 0.6) is 0 Å². The molecule has 0 aliphatic rings. The minimum absolute atomic E-state index is 0.196. The van der Waals surface area contributed by atoms with Crippen LogP contribution in [0.15, 0.2) is 59.0 Å². The van der Waals surface area contributed by atoms with Gasteiger partial charge in [0.1, 0.15) is 16.6 Å². The molecule has 0 unspecified atom stereocenters. The normalized spacial score (nSPS) is 11.1. The number of nitrogens with zero attached hydrogens (tertiary/aromatic N) is 3. The Labute approximate surface area is 199 Å². The first-order chi connectivity index (χ1) is 16.0. The van der Waals surface area contributed by atoms with Gasteiger partial charge >= 0.3 is 0 Å². The number of oxazole rings is 1. The Morgan fingerprint density at radius 3 is 2.73 bits per heavy atom. The number of carbonyl (C=O) groups excluding carboxylic acids is 1. The summed E-state index contributed by atoms with van der Waals surface area (Å²) in [6.45, 7) is 4.07. The van der Waals surface area contributed by atoms with Crippen molar-refractivity contribution in [1.82, 2.24) is 19.0 Å². The van der Waals surface area contributed by atoms with Gasteiger partial charge < -0.3 is 9.73 Å². The zero-order valence-electron chi connectivity index (χ0n) is 17.9. The molecule has 164 valence electrons. The van der Waals surface area contributed by atoms with Crippen LogP contribution in [0, 0.1) is 6.92 Å². The number of hydrogen-bond acceptors (Lipinski definition) is 7. The second-order valence-electron chi connectivity index (χ2n) is 7.58. The van der Waals surface area contributed by atoms with Crippen LogP contribution in [0.4, 0.5) is 5.69 Å². The fourth-order valence-corrected chi connectivity index (χ4v) is 4.18. The van der Waals surface area contributed by atoms with Gasteiger partial charge in [-0.2, -0.15) is 8.75 Å². The van der Waals surface area contributed by atoms with Crippen molar-refractivity contribution in [2.75, 3.05) is 5.32 Å². The maximum atomic E-state index is 12.6. The van der Waals surface area contributed by atoms with Gasteiger partial charge in [-0.05, 0) is 79.2 Å². The second-order valence-corrected chi connectivity index (χ2v) is 8.52. The van der Waals surface area contributed by atoms with Gasteiger partial charge in [0.25, 0.3) is 5.91 Å². The molecule has 0 atom stereocenters. The van der Waals surface area contributed by atoms with Gasteiger partial charge in [0, 0.05) is 16.8 Å². The summed E-state index contributed by atoms with van der Waals surface area (Å²) in [5, 5.41) is 6.03. The van der Waals surface area contributed by atoms with Gasteiger partial charge in [0.2, 0.25) is 5.89 Å². The zero-order chi connectivity index (χ0) is 22.9. The number of fused-ring (bicyclic) bond motifs is 2. The van der Waals surface area contributed by atoms with Crippen LogP contribution in [0.3, 0.4) is 0 Å². The molecule has 0 saturated heterocycles. The first-order valence-corrected chi connectivity index (χ1v) is 11.5. The number of hydrogen-bond donors (Lipinski definition) is 2. The van der Waals surface area contributed by atoms with E-state index in [0.717, 1.165) is 51.6 Å². The lowest BCUT2D eigenvalue weighted by Gasteiger charge is -2.12. The fourth-order valence-electron chi connectivity index (χ4n) is 3.46. The van der Waals surface area contributed by atoms with E-state index in [1.54, 1.807) is 18.2 Å². The lowest BCUT2D eigenvalue weighted by molar-refractivity contribution is 0.0978. The maximum Gasteiger partial charge on any atom is 0.257 e. The van der Waals surface area contributed by atoms with Crippen molar-refractivity contribution < 1.29 is 9.21 Å². The molecule has 1 amide bonds. The molecule has 5 aromatic rings. The standard InChI is InChI=1S/C24H19N5O2S2/c1-3-14-5-9-21-20(10-14)25-23(31-21)16-6-4-13(2)18(12-16)26-24(32)27-22(30)15-7-8-17-19(11-15)29-33-28-17/h4-12H,3H2,1-2H3,(H2,26,27,30,32). The Morgan fingerprint density at radius 1 is 1.03 bits per heavy atom. The van der Waals surface area contributed by atoms with Crippen LogP contribution in [-0.4, -0.2) is 24.8 Å². The quantitative estimate of drug-likeness (QED) is 0.333. The van der Waals surface area contributed by atoms with Gasteiger partial charge in [-0.3, -0.25) is 10.1 Å². The molecule has 3 aromatic carbocycles. The van der Waals surface area contributed by atoms with Gasteiger partial charge in [-0.15, -0.1) is 0 Å². The number of benzene rings is 3. The number of carbonyl (C=O) groups is 1. The number of aromatic nitrogens is 3. The van der Waals surface area contributed by atoms with Crippen LogP contribution in [0.1, 0.15) is 28.4 Å². The van der Waals surface area contributed by atoms with E-state index in [2.05, 4.69) is 31.3 Å². The van der Waals surface area contributed by atoms with Gasteiger partial charge in [0.05, 0.1) is 11.7 Å². The molecule has 9 heteroatoms. The number of thiocarbonyl (C=S) groups is 1. The summed E-state index contributed by atoms with van der Waals surface area (Å²) in [6.07, 6.45) is 0.939. The molecule has 7 nitrogen and oxygen atoms in total. The third-order valence-electron chi connectivity index (χ3n) is 5.34. The Hall–Kier alpha value is -3.69. The van der Waals surface area contributed by atoms with Crippen LogP contribution in [0.25, 0.3) is 33.6 Å². The van der Waals surface area contributed by atoms with Gasteiger partial charge in [0.15, 0.2) is 10.7 Å². The van der Waals surface area contributed by atoms with Crippen LogP contribution in [0.2, 0.25) is 0 Å². The van der Waals surface area contributed by atoms with E-state index in [9.17, 15) is 4.79 Å². The lowest BCUT2D eigenvalue weighted by Crippen LogP contribution is -2.34. The van der Waals surface area contributed by atoms with Crippen molar-refractivity contribution in [1.29, 1.82) is 0 Å². The Bertz CT molecular complexity index is 1520. The largest absolute Gasteiger partial charge is 0.436 e. The summed E-state index contributed by atoms with van der Waals surface area (Å²) < 4.78 is 14.3. The van der Waals surface area contributed by atoms with Crippen LogP contribution in [-0.2, 0) is 6.42 Å². The first-order valence-electron chi connectivity index (χ1n) is 10.4. The smallest absolute Gasteiger partial charge is 0.257 e. The average molecular weight is 474 g/mol. The third kappa shape index (κ3) is 4.33. The van der Waals surface area contributed by atoms with Crippen molar-refractivity contribution in [3.8, 4) is 11.5 Å². The number of aryl methyl sites for hydroxylation is 2. The summed E-state index contributed by atoms with van der Waals surface area (Å²) in [5.41, 5.74) is 7.22. The molecule has 2 aromatic heterocycles. The van der Waals surface area contributed by atoms with Crippen molar-refractivity contribution in [3.63, 3.8) is 0 Å². The van der Waals surface area contributed by atoms with Crippen molar-refractivity contribution >= 4 is 62.8 Å². The summed E-state index contributed by atoms with van der Waals surface area (Å²) in [7, 11) is 0. The highest BCUT2D eigenvalue weighted by molar-refractivity contribution is 7.80. The molecular weight excluding hydrogens is 454 g/mol. The Morgan fingerprint density at radius 2 is 1.88 bits per heavy atom.